The van der Waals surface area contributed by atoms with Crippen LogP contribution in [0.2, 0.25) is 0 Å². The number of aliphatic carboxylic acids is 1. The smallest absolute Gasteiger partial charge is 0.391 e. The highest BCUT2D eigenvalue weighted by molar-refractivity contribution is 5.76. The van der Waals surface area contributed by atoms with Gasteiger partial charge in [-0.2, -0.15) is 13.2 Å². The van der Waals surface area contributed by atoms with Gasteiger partial charge in [0.25, 0.3) is 0 Å². The van der Waals surface area contributed by atoms with E-state index in [0.29, 0.717) is 12.8 Å². The number of rotatable bonds is 6. The summed E-state index contributed by atoms with van der Waals surface area (Å²) < 4.78 is 37.6. The van der Waals surface area contributed by atoms with Crippen LogP contribution in [0.1, 0.15) is 45.4 Å². The van der Waals surface area contributed by atoms with E-state index in [4.69, 9.17) is 5.11 Å². The normalized spacial score (nSPS) is 24.4. The number of carbonyl (C=O) groups is 2. The lowest BCUT2D eigenvalue weighted by atomic mass is 9.80. The number of nitrogens with one attached hydrogen (secondary N) is 1. The zero-order chi connectivity index (χ0) is 16.0. The van der Waals surface area contributed by atoms with Gasteiger partial charge < -0.3 is 10.4 Å². The second-order valence-electron chi connectivity index (χ2n) is 5.97. The molecular weight excluding hydrogens is 287 g/mol. The number of carboxylic acids is 1. The Labute approximate surface area is 122 Å². The Morgan fingerprint density at radius 1 is 1.24 bits per heavy atom. The molecule has 0 aromatic heterocycles. The fourth-order valence-electron chi connectivity index (χ4n) is 2.69. The average Bonchev–Trinajstić information content (AvgIpc) is 2.35. The van der Waals surface area contributed by atoms with E-state index in [1.165, 1.54) is 0 Å². The van der Waals surface area contributed by atoms with Crippen molar-refractivity contribution < 1.29 is 27.9 Å². The lowest BCUT2D eigenvalue weighted by Crippen LogP contribution is -2.33. The van der Waals surface area contributed by atoms with E-state index in [1.807, 2.05) is 0 Å². The highest BCUT2D eigenvalue weighted by atomic mass is 19.4. The van der Waals surface area contributed by atoms with Crippen molar-refractivity contribution in [2.45, 2.75) is 51.6 Å². The fraction of sp³-hybridized carbons (Fsp3) is 0.857. The number of carboxylic acid groups (broad SMARTS) is 1. The van der Waals surface area contributed by atoms with Crippen molar-refractivity contribution in [3.05, 3.63) is 0 Å². The Morgan fingerprint density at radius 3 is 2.29 bits per heavy atom. The molecule has 1 aliphatic carbocycles. The molecule has 1 aliphatic rings. The van der Waals surface area contributed by atoms with Crippen molar-refractivity contribution in [1.29, 1.82) is 0 Å². The zero-order valence-corrected chi connectivity index (χ0v) is 12.1. The van der Waals surface area contributed by atoms with E-state index >= 15 is 0 Å². The molecule has 1 rings (SSSR count). The molecule has 1 saturated carbocycles. The first kappa shape index (κ1) is 17.8. The van der Waals surface area contributed by atoms with Gasteiger partial charge in [0.2, 0.25) is 5.91 Å². The maximum Gasteiger partial charge on any atom is 0.391 e. The molecule has 1 unspecified atom stereocenters. The van der Waals surface area contributed by atoms with E-state index in [2.05, 4.69) is 5.32 Å². The highest BCUT2D eigenvalue weighted by Gasteiger charge is 2.41. The number of carbonyl (C=O) groups excluding carboxylic acids is 1. The summed E-state index contributed by atoms with van der Waals surface area (Å²) in [5.41, 5.74) is 0. The third-order valence-electron chi connectivity index (χ3n) is 3.95. The second-order valence-corrected chi connectivity index (χ2v) is 5.97. The molecule has 0 radical (unpaired) electrons. The van der Waals surface area contributed by atoms with Gasteiger partial charge in [-0.3, -0.25) is 9.59 Å². The molecule has 1 fully saturated rings. The van der Waals surface area contributed by atoms with Gasteiger partial charge in [-0.15, -0.1) is 0 Å². The van der Waals surface area contributed by atoms with Gasteiger partial charge in [0.1, 0.15) is 0 Å². The summed E-state index contributed by atoms with van der Waals surface area (Å²) in [5.74, 6) is -2.51. The minimum atomic E-state index is -4.13. The highest BCUT2D eigenvalue weighted by Crippen LogP contribution is 2.40. The van der Waals surface area contributed by atoms with Gasteiger partial charge in [0.05, 0.1) is 5.92 Å². The summed E-state index contributed by atoms with van der Waals surface area (Å²) in [5, 5.41) is 11.2. The van der Waals surface area contributed by atoms with Crippen molar-refractivity contribution >= 4 is 11.9 Å². The fourth-order valence-corrected chi connectivity index (χ4v) is 2.69. The summed E-state index contributed by atoms with van der Waals surface area (Å²) in [7, 11) is 0. The molecule has 7 heteroatoms. The Hall–Kier alpha value is -1.27. The summed E-state index contributed by atoms with van der Waals surface area (Å²) in [6.45, 7) is 2.01. The first-order valence-electron chi connectivity index (χ1n) is 7.23. The van der Waals surface area contributed by atoms with Crippen LogP contribution in [0.25, 0.3) is 0 Å². The number of hydrogen-bond donors (Lipinski definition) is 2. The van der Waals surface area contributed by atoms with Crippen molar-refractivity contribution in [2.75, 3.05) is 6.54 Å². The number of halogens is 3. The van der Waals surface area contributed by atoms with Crippen LogP contribution < -0.4 is 5.32 Å². The predicted octanol–water partition coefficient (Wildman–Crippen LogP) is 2.97. The maximum atomic E-state index is 12.5. The molecule has 0 aliphatic heterocycles. The molecule has 0 saturated heterocycles. The maximum absolute atomic E-state index is 12.5. The Balaban J connectivity index is 2.23. The summed E-state index contributed by atoms with van der Waals surface area (Å²) >= 11 is 0. The molecule has 1 amide bonds. The lowest BCUT2D eigenvalue weighted by molar-refractivity contribution is -0.184. The minimum Gasteiger partial charge on any atom is -0.481 e. The lowest BCUT2D eigenvalue weighted by Gasteiger charge is -2.29. The van der Waals surface area contributed by atoms with Gasteiger partial charge in [-0.05, 0) is 37.5 Å². The molecule has 0 spiro atoms. The third-order valence-corrected chi connectivity index (χ3v) is 3.95. The standard InChI is InChI=1S/C14H22F3NO3/c1-9(6-13(20)21)8-18-12(19)7-10-2-4-11(5-3-10)14(15,16)17/h9-11H,2-8H2,1H3,(H,18,19)(H,20,21). The molecule has 2 N–H and O–H groups in total. The molecule has 122 valence electrons. The van der Waals surface area contributed by atoms with Gasteiger partial charge in [-0.25, -0.2) is 0 Å². The first-order chi connectivity index (χ1) is 9.68. The van der Waals surface area contributed by atoms with Crippen LogP contribution >= 0.6 is 0 Å². The first-order valence-corrected chi connectivity index (χ1v) is 7.23. The summed E-state index contributed by atoms with van der Waals surface area (Å²) in [6, 6.07) is 0. The third kappa shape index (κ3) is 6.82. The van der Waals surface area contributed by atoms with Crippen molar-refractivity contribution in [3.63, 3.8) is 0 Å². The van der Waals surface area contributed by atoms with Crippen LogP contribution in [0.4, 0.5) is 13.2 Å². The Morgan fingerprint density at radius 2 is 1.81 bits per heavy atom. The van der Waals surface area contributed by atoms with Crippen molar-refractivity contribution in [2.24, 2.45) is 17.8 Å². The molecule has 0 bridgehead atoms. The van der Waals surface area contributed by atoms with Crippen LogP contribution in [0.5, 0.6) is 0 Å². The molecule has 0 heterocycles. The van der Waals surface area contributed by atoms with Crippen LogP contribution in [0, 0.1) is 17.8 Å². The van der Waals surface area contributed by atoms with Crippen LogP contribution in [-0.2, 0) is 9.59 Å². The van der Waals surface area contributed by atoms with E-state index in [9.17, 15) is 22.8 Å². The molecular formula is C14H22F3NO3. The number of amides is 1. The molecule has 0 aromatic rings. The van der Waals surface area contributed by atoms with Crippen LogP contribution in [0.3, 0.4) is 0 Å². The Bertz CT molecular complexity index is 363. The SMILES string of the molecule is CC(CNC(=O)CC1CCC(C(F)(F)F)CC1)CC(=O)O. The summed E-state index contributed by atoms with van der Waals surface area (Å²) in [4.78, 5) is 22.2. The van der Waals surface area contributed by atoms with Gasteiger partial charge in [0.15, 0.2) is 0 Å². The monoisotopic (exact) mass is 309 g/mol. The molecule has 0 aromatic carbocycles. The van der Waals surface area contributed by atoms with E-state index in [1.54, 1.807) is 6.92 Å². The van der Waals surface area contributed by atoms with Gasteiger partial charge in [0, 0.05) is 19.4 Å². The zero-order valence-electron chi connectivity index (χ0n) is 12.1. The summed E-state index contributed by atoms with van der Waals surface area (Å²) in [6.07, 6.45) is -2.89. The van der Waals surface area contributed by atoms with Crippen molar-refractivity contribution in [1.82, 2.24) is 5.32 Å². The van der Waals surface area contributed by atoms with E-state index in [-0.39, 0.29) is 50.0 Å². The molecule has 1 atom stereocenters. The molecule has 21 heavy (non-hydrogen) atoms. The van der Waals surface area contributed by atoms with Gasteiger partial charge >= 0.3 is 12.1 Å². The van der Waals surface area contributed by atoms with Crippen LogP contribution in [0.15, 0.2) is 0 Å². The second kappa shape index (κ2) is 7.66. The number of alkyl halides is 3. The predicted molar refractivity (Wildman–Crippen MR) is 70.5 cm³/mol. The molecule has 4 nitrogen and oxygen atoms in total. The van der Waals surface area contributed by atoms with Gasteiger partial charge in [-0.1, -0.05) is 6.92 Å². The van der Waals surface area contributed by atoms with Crippen LogP contribution in [-0.4, -0.2) is 29.7 Å². The average molecular weight is 309 g/mol. The van der Waals surface area contributed by atoms with Crippen molar-refractivity contribution in [3.8, 4) is 0 Å². The largest absolute Gasteiger partial charge is 0.481 e. The quantitative estimate of drug-likeness (QED) is 0.792. The van der Waals surface area contributed by atoms with E-state index < -0.39 is 18.1 Å². The topological polar surface area (TPSA) is 66.4 Å². The minimum absolute atomic E-state index is 0.00150. The van der Waals surface area contributed by atoms with E-state index in [0.717, 1.165) is 0 Å². The number of hydrogen-bond acceptors (Lipinski definition) is 2. The Kier molecular flexibility index (Phi) is 6.48.